The van der Waals surface area contributed by atoms with Crippen LogP contribution in [0.15, 0.2) is 71.6 Å². The lowest BCUT2D eigenvalue weighted by atomic mass is 10.3. The van der Waals surface area contributed by atoms with Crippen LogP contribution in [0.25, 0.3) is 6.08 Å². The number of urea groups is 1. The lowest BCUT2D eigenvalue weighted by Crippen LogP contribution is -2.50. The first-order valence-electron chi connectivity index (χ1n) is 11.3. The molecule has 4 amide bonds. The van der Waals surface area contributed by atoms with Crippen molar-refractivity contribution in [3.05, 3.63) is 77.3 Å². The van der Waals surface area contributed by atoms with Gasteiger partial charge in [-0.3, -0.25) is 14.9 Å². The first-order valence-corrected chi connectivity index (χ1v) is 12.1. The molecule has 11 heteroatoms. The summed E-state index contributed by atoms with van der Waals surface area (Å²) < 4.78 is 5.93. The summed E-state index contributed by atoms with van der Waals surface area (Å²) in [6, 6.07) is 20.0. The smallest absolute Gasteiger partial charge is 0.321 e. The second-order valence-corrected chi connectivity index (χ2v) is 8.98. The molecule has 1 aromatic heterocycles. The molecule has 2 aliphatic heterocycles. The van der Waals surface area contributed by atoms with Gasteiger partial charge in [0.25, 0.3) is 11.1 Å². The van der Waals surface area contributed by atoms with Gasteiger partial charge in [0.1, 0.15) is 5.75 Å². The van der Waals surface area contributed by atoms with E-state index in [9.17, 15) is 14.4 Å². The Morgan fingerprint density at radius 1 is 0.972 bits per heavy atom. The number of benzene rings is 2. The maximum Gasteiger partial charge on any atom is 0.321 e. The summed E-state index contributed by atoms with van der Waals surface area (Å²) in [4.78, 5) is 49.3. The van der Waals surface area contributed by atoms with E-state index in [1.165, 1.54) is 6.08 Å². The van der Waals surface area contributed by atoms with Crippen LogP contribution in [0.1, 0.15) is 5.69 Å². The Morgan fingerprint density at radius 2 is 1.67 bits per heavy atom. The van der Waals surface area contributed by atoms with Crippen LogP contribution < -0.4 is 20.3 Å². The number of ether oxygens (including phenoxy) is 1. The van der Waals surface area contributed by atoms with E-state index >= 15 is 0 Å². The minimum Gasteiger partial charge on any atom is -0.439 e. The molecule has 2 aromatic carbocycles. The van der Waals surface area contributed by atoms with Gasteiger partial charge in [-0.15, -0.1) is 0 Å². The molecule has 36 heavy (non-hydrogen) atoms. The number of hydrogen-bond donors (Lipinski definition) is 2. The monoisotopic (exact) mass is 502 g/mol. The molecular weight excluding hydrogens is 480 g/mol. The predicted molar refractivity (Wildman–Crippen MR) is 137 cm³/mol. The number of amides is 4. The zero-order valence-corrected chi connectivity index (χ0v) is 19.9. The minimum atomic E-state index is -0.464. The number of carbonyl (C=O) groups is 3. The fourth-order valence-electron chi connectivity index (χ4n) is 3.70. The first kappa shape index (κ1) is 23.4. The minimum absolute atomic E-state index is 0.165. The molecule has 2 aliphatic rings. The SMILES string of the molecule is O=C1NC(=O)C(=Cc2cc(Oc3ccccc3)nc(N3CCN(C(=O)Nc4ccccc4)CC3)n2)S1. The van der Waals surface area contributed by atoms with Crippen molar-refractivity contribution in [1.82, 2.24) is 20.2 Å². The van der Waals surface area contributed by atoms with E-state index in [2.05, 4.69) is 20.6 Å². The van der Waals surface area contributed by atoms with Crippen LogP contribution in [0.4, 0.5) is 21.2 Å². The average Bonchev–Trinajstić information content (AvgIpc) is 3.21. The maximum absolute atomic E-state index is 12.6. The van der Waals surface area contributed by atoms with E-state index in [1.54, 1.807) is 11.0 Å². The Balaban J connectivity index is 1.34. The van der Waals surface area contributed by atoms with Crippen LogP contribution in [0.3, 0.4) is 0 Å². The highest BCUT2D eigenvalue weighted by molar-refractivity contribution is 8.18. The Kier molecular flexibility index (Phi) is 6.80. The summed E-state index contributed by atoms with van der Waals surface area (Å²) in [5.41, 5.74) is 1.17. The highest BCUT2D eigenvalue weighted by Crippen LogP contribution is 2.28. The van der Waals surface area contributed by atoms with E-state index in [0.29, 0.717) is 49.5 Å². The molecule has 0 saturated carbocycles. The van der Waals surface area contributed by atoms with E-state index in [1.807, 2.05) is 65.6 Å². The molecule has 2 fully saturated rings. The second-order valence-electron chi connectivity index (χ2n) is 7.97. The van der Waals surface area contributed by atoms with Crippen LogP contribution in [0.2, 0.25) is 0 Å². The Bertz CT molecular complexity index is 1310. The summed E-state index contributed by atoms with van der Waals surface area (Å²) in [5.74, 6) is 0.852. The number of aromatic nitrogens is 2. The quantitative estimate of drug-likeness (QED) is 0.504. The molecule has 0 unspecified atom stereocenters. The lowest BCUT2D eigenvalue weighted by Gasteiger charge is -2.34. The van der Waals surface area contributed by atoms with Crippen molar-refractivity contribution < 1.29 is 19.1 Å². The van der Waals surface area contributed by atoms with Crippen molar-refractivity contribution in [2.45, 2.75) is 0 Å². The molecule has 5 rings (SSSR count). The number of hydrogen-bond acceptors (Lipinski definition) is 8. The van der Waals surface area contributed by atoms with Gasteiger partial charge < -0.3 is 19.9 Å². The number of piperazine rings is 1. The summed E-state index contributed by atoms with van der Waals surface area (Å²) >= 11 is 0.819. The normalized spacial score (nSPS) is 16.7. The topological polar surface area (TPSA) is 117 Å². The standard InChI is InChI=1S/C25H22N6O4S/c32-22-20(36-25(34)29-22)15-18-16-21(35-19-9-5-2-6-10-19)28-23(26-18)30-11-13-31(14-12-30)24(33)27-17-7-3-1-4-8-17/h1-10,15-16H,11-14H2,(H,27,33)(H,29,32,34). The number of anilines is 2. The third kappa shape index (κ3) is 5.63. The fourth-order valence-corrected chi connectivity index (χ4v) is 4.36. The number of nitrogens with one attached hydrogen (secondary N) is 2. The van der Waals surface area contributed by atoms with Crippen molar-refractivity contribution in [3.8, 4) is 11.6 Å². The predicted octanol–water partition coefficient (Wildman–Crippen LogP) is 3.95. The molecule has 0 radical (unpaired) electrons. The van der Waals surface area contributed by atoms with Crippen LogP contribution >= 0.6 is 11.8 Å². The van der Waals surface area contributed by atoms with Gasteiger partial charge in [0.2, 0.25) is 11.8 Å². The number of thioether (sulfide) groups is 1. The van der Waals surface area contributed by atoms with Gasteiger partial charge >= 0.3 is 6.03 Å². The van der Waals surface area contributed by atoms with Gasteiger partial charge in [0.05, 0.1) is 10.6 Å². The molecule has 10 nitrogen and oxygen atoms in total. The Labute approximate surface area is 211 Å². The van der Waals surface area contributed by atoms with Crippen LogP contribution in [-0.4, -0.2) is 58.2 Å². The highest BCUT2D eigenvalue weighted by atomic mass is 32.2. The molecule has 0 bridgehead atoms. The van der Waals surface area contributed by atoms with Gasteiger partial charge in [-0.1, -0.05) is 36.4 Å². The molecular formula is C25H22N6O4S. The van der Waals surface area contributed by atoms with Gasteiger partial charge in [-0.2, -0.15) is 4.98 Å². The van der Waals surface area contributed by atoms with Crippen LogP contribution in [-0.2, 0) is 4.79 Å². The molecule has 0 aliphatic carbocycles. The zero-order chi connectivity index (χ0) is 24.9. The Hall–Kier alpha value is -4.38. The maximum atomic E-state index is 12.6. The third-order valence-corrected chi connectivity index (χ3v) is 6.28. The number of carbonyl (C=O) groups excluding carboxylic acids is 3. The molecule has 3 heterocycles. The second kappa shape index (κ2) is 10.5. The summed E-state index contributed by atoms with van der Waals surface area (Å²) in [6.45, 7) is 1.99. The molecule has 182 valence electrons. The molecule has 0 atom stereocenters. The highest BCUT2D eigenvalue weighted by Gasteiger charge is 2.27. The van der Waals surface area contributed by atoms with Crippen molar-refractivity contribution in [3.63, 3.8) is 0 Å². The zero-order valence-electron chi connectivity index (χ0n) is 19.1. The van der Waals surface area contributed by atoms with E-state index in [-0.39, 0.29) is 10.9 Å². The molecule has 0 spiro atoms. The molecule has 3 aromatic rings. The van der Waals surface area contributed by atoms with Crippen LogP contribution in [0, 0.1) is 0 Å². The molecule has 2 N–H and O–H groups in total. The largest absolute Gasteiger partial charge is 0.439 e. The average molecular weight is 503 g/mol. The van der Waals surface area contributed by atoms with Crippen molar-refractivity contribution >= 4 is 46.7 Å². The number of rotatable bonds is 5. The van der Waals surface area contributed by atoms with Crippen molar-refractivity contribution in [2.24, 2.45) is 0 Å². The summed E-state index contributed by atoms with van der Waals surface area (Å²) in [6.07, 6.45) is 1.54. The third-order valence-electron chi connectivity index (χ3n) is 5.47. The van der Waals surface area contributed by atoms with E-state index < -0.39 is 11.1 Å². The number of nitrogens with zero attached hydrogens (tertiary/aromatic N) is 4. The fraction of sp³-hybridized carbons (Fsp3) is 0.160. The first-order chi connectivity index (χ1) is 17.5. The number of imide groups is 1. The van der Waals surface area contributed by atoms with Gasteiger partial charge in [0.15, 0.2) is 0 Å². The van der Waals surface area contributed by atoms with Crippen molar-refractivity contribution in [2.75, 3.05) is 36.4 Å². The van der Waals surface area contributed by atoms with E-state index in [4.69, 9.17) is 4.74 Å². The Morgan fingerprint density at radius 3 is 2.33 bits per heavy atom. The van der Waals surface area contributed by atoms with E-state index in [0.717, 1.165) is 17.4 Å². The number of para-hydroxylation sites is 2. The van der Waals surface area contributed by atoms with Crippen molar-refractivity contribution in [1.29, 1.82) is 0 Å². The molecule has 2 saturated heterocycles. The van der Waals surface area contributed by atoms with Gasteiger partial charge in [0, 0.05) is 37.9 Å². The van der Waals surface area contributed by atoms with Gasteiger partial charge in [-0.25, -0.2) is 9.78 Å². The van der Waals surface area contributed by atoms with Crippen LogP contribution in [0.5, 0.6) is 11.6 Å². The van der Waals surface area contributed by atoms with Gasteiger partial charge in [-0.05, 0) is 42.1 Å². The summed E-state index contributed by atoms with van der Waals surface area (Å²) in [7, 11) is 0. The lowest BCUT2D eigenvalue weighted by molar-refractivity contribution is -0.115. The summed E-state index contributed by atoms with van der Waals surface area (Å²) in [5, 5.41) is 4.72.